The van der Waals surface area contributed by atoms with E-state index in [1.807, 2.05) is 11.0 Å². The van der Waals surface area contributed by atoms with Crippen LogP contribution in [0, 0.1) is 0 Å². The van der Waals surface area contributed by atoms with Crippen molar-refractivity contribution in [2.24, 2.45) is 0 Å². The van der Waals surface area contributed by atoms with Gasteiger partial charge in [0.15, 0.2) is 0 Å². The van der Waals surface area contributed by atoms with Gasteiger partial charge >= 0.3 is 6.03 Å². The normalized spacial score (nSPS) is 24.9. The van der Waals surface area contributed by atoms with E-state index in [1.54, 1.807) is 0 Å². The molecule has 2 heterocycles. The number of hydrogen-bond donors (Lipinski definition) is 2. The van der Waals surface area contributed by atoms with E-state index in [0.717, 1.165) is 45.3 Å². The third kappa shape index (κ3) is 4.66. The van der Waals surface area contributed by atoms with Gasteiger partial charge in [-0.2, -0.15) is 0 Å². The van der Waals surface area contributed by atoms with Crippen LogP contribution >= 0.6 is 0 Å². The maximum absolute atomic E-state index is 12.7. The molecule has 1 atom stereocenters. The summed E-state index contributed by atoms with van der Waals surface area (Å²) in [6.07, 6.45) is 7.71. The molecule has 28 heavy (non-hydrogen) atoms. The molecular weight excluding hydrogens is 352 g/mol. The van der Waals surface area contributed by atoms with Gasteiger partial charge in [-0.05, 0) is 31.2 Å². The summed E-state index contributed by atoms with van der Waals surface area (Å²) in [5.41, 5.74) is 1.33. The monoisotopic (exact) mass is 384 g/mol. The molecule has 1 saturated carbocycles. The Bertz CT molecular complexity index is 666. The maximum Gasteiger partial charge on any atom is 0.318 e. The molecule has 2 aliphatic heterocycles. The number of urea groups is 1. The number of amides is 3. The van der Waals surface area contributed by atoms with Gasteiger partial charge in [-0.3, -0.25) is 9.69 Å². The third-order valence-corrected chi connectivity index (χ3v) is 6.45. The minimum Gasteiger partial charge on any atom is -0.351 e. The van der Waals surface area contributed by atoms with E-state index in [1.165, 1.54) is 24.8 Å². The van der Waals surface area contributed by atoms with Gasteiger partial charge in [0.1, 0.15) is 6.04 Å². The van der Waals surface area contributed by atoms with Crippen molar-refractivity contribution in [2.45, 2.75) is 69.6 Å². The zero-order chi connectivity index (χ0) is 19.3. The Morgan fingerprint density at radius 3 is 2.46 bits per heavy atom. The fraction of sp³-hybridized carbons (Fsp3) is 0.636. The number of hydrogen-bond acceptors (Lipinski definition) is 3. The number of carbonyl (C=O) groups excluding carboxylic acids is 2. The molecule has 6 nitrogen and oxygen atoms in total. The predicted octanol–water partition coefficient (Wildman–Crippen LogP) is 2.49. The molecule has 152 valence electrons. The van der Waals surface area contributed by atoms with E-state index < -0.39 is 6.04 Å². The summed E-state index contributed by atoms with van der Waals surface area (Å²) in [6.45, 7) is 3.47. The summed E-state index contributed by atoms with van der Waals surface area (Å²) in [7, 11) is 0. The standard InChI is InChI=1S/C22H32N4O2/c27-21(20-16-26(22(28)24-20)19-9-5-2-6-10-19)23-18-11-13-25(14-12-18)15-17-7-3-1-4-8-17/h1,3-4,7-8,18-20H,2,5-6,9-16H2,(H,23,27)(H,24,28). The van der Waals surface area contributed by atoms with Crippen LogP contribution in [0.3, 0.4) is 0 Å². The molecule has 1 aliphatic carbocycles. The lowest BCUT2D eigenvalue weighted by Crippen LogP contribution is -2.50. The van der Waals surface area contributed by atoms with Crippen LogP contribution in [-0.4, -0.2) is 59.5 Å². The number of piperidine rings is 1. The molecule has 1 aromatic carbocycles. The second kappa shape index (κ2) is 8.95. The average molecular weight is 385 g/mol. The highest BCUT2D eigenvalue weighted by Crippen LogP contribution is 2.24. The molecular formula is C22H32N4O2. The summed E-state index contributed by atoms with van der Waals surface area (Å²) in [5, 5.41) is 6.08. The lowest BCUT2D eigenvalue weighted by Gasteiger charge is -2.33. The molecule has 0 aromatic heterocycles. The van der Waals surface area contributed by atoms with Crippen LogP contribution in [-0.2, 0) is 11.3 Å². The van der Waals surface area contributed by atoms with Gasteiger partial charge < -0.3 is 15.5 Å². The van der Waals surface area contributed by atoms with Crippen molar-refractivity contribution in [2.75, 3.05) is 19.6 Å². The van der Waals surface area contributed by atoms with Crippen LogP contribution in [0.1, 0.15) is 50.5 Å². The first-order chi connectivity index (χ1) is 13.7. The Hall–Kier alpha value is -2.08. The van der Waals surface area contributed by atoms with Gasteiger partial charge in [0.2, 0.25) is 5.91 Å². The highest BCUT2D eigenvalue weighted by Gasteiger charge is 2.38. The Balaban J connectivity index is 1.22. The molecule has 6 heteroatoms. The Morgan fingerprint density at radius 1 is 1.04 bits per heavy atom. The van der Waals surface area contributed by atoms with Crippen LogP contribution in [0.25, 0.3) is 0 Å². The number of likely N-dealkylation sites (tertiary alicyclic amines) is 1. The van der Waals surface area contributed by atoms with E-state index in [-0.39, 0.29) is 18.0 Å². The molecule has 3 aliphatic rings. The summed E-state index contributed by atoms with van der Waals surface area (Å²) in [5.74, 6) is -0.0202. The fourth-order valence-corrected chi connectivity index (χ4v) is 4.79. The molecule has 4 rings (SSSR count). The topological polar surface area (TPSA) is 64.7 Å². The van der Waals surface area contributed by atoms with Crippen LogP contribution in [0.4, 0.5) is 4.79 Å². The highest BCUT2D eigenvalue weighted by molar-refractivity contribution is 5.90. The van der Waals surface area contributed by atoms with E-state index in [4.69, 9.17) is 0 Å². The minimum absolute atomic E-state index is 0.0202. The van der Waals surface area contributed by atoms with Crippen LogP contribution in [0.15, 0.2) is 30.3 Å². The van der Waals surface area contributed by atoms with Crippen molar-refractivity contribution in [3.05, 3.63) is 35.9 Å². The largest absolute Gasteiger partial charge is 0.351 e. The van der Waals surface area contributed by atoms with Crippen molar-refractivity contribution in [1.82, 2.24) is 20.4 Å². The zero-order valence-electron chi connectivity index (χ0n) is 16.6. The van der Waals surface area contributed by atoms with E-state index >= 15 is 0 Å². The summed E-state index contributed by atoms with van der Waals surface area (Å²) in [4.78, 5) is 29.4. The third-order valence-electron chi connectivity index (χ3n) is 6.45. The van der Waals surface area contributed by atoms with Gasteiger partial charge in [0.25, 0.3) is 0 Å². The van der Waals surface area contributed by atoms with Crippen molar-refractivity contribution in [3.8, 4) is 0 Å². The number of nitrogens with zero attached hydrogens (tertiary/aromatic N) is 2. The quantitative estimate of drug-likeness (QED) is 0.820. The Labute approximate surface area is 167 Å². The molecule has 0 radical (unpaired) electrons. The average Bonchev–Trinajstić information content (AvgIpc) is 3.13. The lowest BCUT2D eigenvalue weighted by atomic mass is 9.94. The van der Waals surface area contributed by atoms with Crippen molar-refractivity contribution in [3.63, 3.8) is 0 Å². The van der Waals surface area contributed by atoms with E-state index in [9.17, 15) is 9.59 Å². The minimum atomic E-state index is -0.406. The summed E-state index contributed by atoms with van der Waals surface area (Å²) in [6, 6.07) is 10.6. The Kier molecular flexibility index (Phi) is 6.15. The zero-order valence-corrected chi connectivity index (χ0v) is 16.6. The van der Waals surface area contributed by atoms with Gasteiger partial charge in [0.05, 0.1) is 6.54 Å². The fourth-order valence-electron chi connectivity index (χ4n) is 4.79. The predicted molar refractivity (Wildman–Crippen MR) is 109 cm³/mol. The summed E-state index contributed by atoms with van der Waals surface area (Å²) >= 11 is 0. The molecule has 3 amide bonds. The lowest BCUT2D eigenvalue weighted by molar-refractivity contribution is -0.123. The first kappa shape index (κ1) is 19.2. The second-order valence-corrected chi connectivity index (χ2v) is 8.49. The van der Waals surface area contributed by atoms with Gasteiger partial charge in [-0.1, -0.05) is 49.6 Å². The van der Waals surface area contributed by atoms with Crippen LogP contribution in [0.2, 0.25) is 0 Å². The number of nitrogens with one attached hydrogen (secondary N) is 2. The van der Waals surface area contributed by atoms with Gasteiger partial charge in [-0.25, -0.2) is 4.79 Å². The molecule has 1 unspecified atom stereocenters. The molecule has 0 spiro atoms. The van der Waals surface area contributed by atoms with E-state index in [2.05, 4.69) is 39.8 Å². The van der Waals surface area contributed by atoms with Crippen molar-refractivity contribution >= 4 is 11.9 Å². The van der Waals surface area contributed by atoms with Crippen molar-refractivity contribution in [1.29, 1.82) is 0 Å². The Morgan fingerprint density at radius 2 is 1.75 bits per heavy atom. The molecule has 1 aromatic rings. The van der Waals surface area contributed by atoms with Gasteiger partial charge in [0, 0.05) is 31.7 Å². The molecule has 2 saturated heterocycles. The first-order valence-electron chi connectivity index (χ1n) is 10.8. The summed E-state index contributed by atoms with van der Waals surface area (Å²) < 4.78 is 0. The molecule has 3 fully saturated rings. The van der Waals surface area contributed by atoms with Crippen LogP contribution < -0.4 is 10.6 Å². The maximum atomic E-state index is 12.7. The van der Waals surface area contributed by atoms with E-state index in [0.29, 0.717) is 12.6 Å². The molecule has 2 N–H and O–H groups in total. The number of benzene rings is 1. The molecule has 0 bridgehead atoms. The van der Waals surface area contributed by atoms with Crippen molar-refractivity contribution < 1.29 is 9.59 Å². The SMILES string of the molecule is O=C(NC1CCN(Cc2ccccc2)CC1)C1CN(C2CCCCC2)C(=O)N1. The number of rotatable bonds is 5. The van der Waals surface area contributed by atoms with Gasteiger partial charge in [-0.15, -0.1) is 0 Å². The first-order valence-corrected chi connectivity index (χ1v) is 10.8. The second-order valence-electron chi connectivity index (χ2n) is 8.49. The highest BCUT2D eigenvalue weighted by atomic mass is 16.2. The number of carbonyl (C=O) groups is 2. The van der Waals surface area contributed by atoms with Crippen LogP contribution in [0.5, 0.6) is 0 Å². The smallest absolute Gasteiger partial charge is 0.318 e.